The number of nitrogens with one attached hydrogen (secondary N) is 1. The summed E-state index contributed by atoms with van der Waals surface area (Å²) in [6, 6.07) is 8.80. The minimum atomic E-state index is -4.59. The summed E-state index contributed by atoms with van der Waals surface area (Å²) in [5.41, 5.74) is 5.22. The van der Waals surface area contributed by atoms with Gasteiger partial charge in [0.15, 0.2) is 5.69 Å². The monoisotopic (exact) mass is 379 g/mol. The third-order valence-electron chi connectivity index (χ3n) is 3.69. The molecule has 27 heavy (non-hydrogen) atoms. The second-order valence-electron chi connectivity index (χ2n) is 5.63. The maximum Gasteiger partial charge on any atom is 0.435 e. The highest BCUT2D eigenvalue weighted by atomic mass is 19.4. The fraction of sp³-hybridized carbons (Fsp3) is 0.118. The Bertz CT molecular complexity index is 1010. The van der Waals surface area contributed by atoms with E-state index < -0.39 is 23.6 Å². The molecule has 10 heteroatoms. The molecule has 140 valence electrons. The molecule has 1 aromatic carbocycles. The van der Waals surface area contributed by atoms with Gasteiger partial charge in [0.1, 0.15) is 17.3 Å². The number of nitrogens with zero attached hydrogens (tertiary/aromatic N) is 3. The maximum absolute atomic E-state index is 13.2. The summed E-state index contributed by atoms with van der Waals surface area (Å²) in [7, 11) is 1.34. The van der Waals surface area contributed by atoms with Gasteiger partial charge in [-0.05, 0) is 36.4 Å². The van der Waals surface area contributed by atoms with Crippen LogP contribution in [0.4, 0.5) is 29.1 Å². The van der Waals surface area contributed by atoms with Crippen LogP contribution in [0.2, 0.25) is 0 Å². The van der Waals surface area contributed by atoms with Gasteiger partial charge in [-0.3, -0.25) is 9.48 Å². The molecule has 0 radical (unpaired) electrons. The first-order chi connectivity index (χ1) is 12.6. The Morgan fingerprint density at radius 3 is 2.52 bits per heavy atom. The van der Waals surface area contributed by atoms with Gasteiger partial charge in [-0.1, -0.05) is 6.07 Å². The minimum Gasteiger partial charge on any atom is -0.383 e. The van der Waals surface area contributed by atoms with Gasteiger partial charge in [-0.25, -0.2) is 9.37 Å². The molecule has 6 nitrogen and oxygen atoms in total. The first-order valence-electron chi connectivity index (χ1n) is 7.60. The standard InChI is InChI=1S/C17H13F4N5O/c1-26-13(8-14(25-26)17(19,20)21)11-5-6-12(24-15(11)22)16(27)23-10-4-2-3-9(18)7-10/h2-8H,1H3,(H2,22,24)(H,23,27). The molecule has 2 aromatic heterocycles. The summed E-state index contributed by atoms with van der Waals surface area (Å²) in [5, 5.41) is 5.87. The fourth-order valence-electron chi connectivity index (χ4n) is 2.44. The van der Waals surface area contributed by atoms with Crippen LogP contribution in [0, 0.1) is 5.82 Å². The molecule has 0 aliphatic carbocycles. The highest BCUT2D eigenvalue weighted by Gasteiger charge is 2.35. The van der Waals surface area contributed by atoms with Crippen molar-refractivity contribution in [3.05, 3.63) is 59.7 Å². The van der Waals surface area contributed by atoms with E-state index in [-0.39, 0.29) is 28.5 Å². The number of aryl methyl sites for hydroxylation is 1. The number of carbonyl (C=O) groups excluding carboxylic acids is 1. The first kappa shape index (κ1) is 18.4. The molecule has 3 rings (SSSR count). The third-order valence-corrected chi connectivity index (χ3v) is 3.69. The van der Waals surface area contributed by atoms with E-state index in [0.717, 1.165) is 16.8 Å². The van der Waals surface area contributed by atoms with Crippen molar-refractivity contribution in [2.24, 2.45) is 7.05 Å². The second-order valence-corrected chi connectivity index (χ2v) is 5.63. The van der Waals surface area contributed by atoms with Crippen LogP contribution in [0.15, 0.2) is 42.5 Å². The van der Waals surface area contributed by atoms with Crippen molar-refractivity contribution in [1.29, 1.82) is 0 Å². The SMILES string of the molecule is Cn1nc(C(F)(F)F)cc1-c1ccc(C(=O)Nc2cccc(F)c2)nc1N. The smallest absolute Gasteiger partial charge is 0.383 e. The molecule has 3 aromatic rings. The molecule has 0 aliphatic heterocycles. The number of amides is 1. The number of nitrogens with two attached hydrogens (primary N) is 1. The Morgan fingerprint density at radius 1 is 1.19 bits per heavy atom. The molecule has 0 fully saturated rings. The number of carbonyl (C=O) groups is 1. The van der Waals surface area contributed by atoms with Gasteiger partial charge in [0.2, 0.25) is 0 Å². The molecule has 0 saturated heterocycles. The van der Waals surface area contributed by atoms with Crippen molar-refractivity contribution >= 4 is 17.4 Å². The summed E-state index contributed by atoms with van der Waals surface area (Å²) in [6.45, 7) is 0. The topological polar surface area (TPSA) is 85.8 Å². The van der Waals surface area contributed by atoms with Crippen LogP contribution in [0.25, 0.3) is 11.3 Å². The lowest BCUT2D eigenvalue weighted by Crippen LogP contribution is -2.15. The summed E-state index contributed by atoms with van der Waals surface area (Å²) < 4.78 is 52.6. The highest BCUT2D eigenvalue weighted by Crippen LogP contribution is 2.32. The van der Waals surface area contributed by atoms with E-state index in [2.05, 4.69) is 15.4 Å². The fourth-order valence-corrected chi connectivity index (χ4v) is 2.44. The number of alkyl halides is 3. The van der Waals surface area contributed by atoms with Gasteiger partial charge in [0, 0.05) is 18.3 Å². The van der Waals surface area contributed by atoms with Crippen LogP contribution in [-0.4, -0.2) is 20.7 Å². The zero-order chi connectivity index (χ0) is 19.8. The van der Waals surface area contributed by atoms with E-state index in [4.69, 9.17) is 5.73 Å². The Kier molecular flexibility index (Phi) is 4.56. The number of hydrogen-bond donors (Lipinski definition) is 2. The molecule has 0 bridgehead atoms. The van der Waals surface area contributed by atoms with Crippen molar-refractivity contribution in [1.82, 2.24) is 14.8 Å². The largest absolute Gasteiger partial charge is 0.435 e. The molecule has 0 spiro atoms. The molecule has 0 atom stereocenters. The van der Waals surface area contributed by atoms with Crippen molar-refractivity contribution < 1.29 is 22.4 Å². The Morgan fingerprint density at radius 2 is 1.93 bits per heavy atom. The van der Waals surface area contributed by atoms with Crippen molar-refractivity contribution in [3.63, 3.8) is 0 Å². The number of anilines is 2. The van der Waals surface area contributed by atoms with Crippen LogP contribution in [-0.2, 0) is 13.2 Å². The summed E-state index contributed by atoms with van der Waals surface area (Å²) in [6.07, 6.45) is -4.59. The second kappa shape index (κ2) is 6.71. The molecule has 0 saturated carbocycles. The zero-order valence-corrected chi connectivity index (χ0v) is 13.9. The number of pyridine rings is 1. The van der Waals surface area contributed by atoms with Crippen molar-refractivity contribution in [2.45, 2.75) is 6.18 Å². The highest BCUT2D eigenvalue weighted by molar-refractivity contribution is 6.03. The molecule has 1 amide bonds. The van der Waals surface area contributed by atoms with E-state index >= 15 is 0 Å². The van der Waals surface area contributed by atoms with Gasteiger partial charge >= 0.3 is 6.18 Å². The van der Waals surface area contributed by atoms with Crippen LogP contribution in [0.1, 0.15) is 16.2 Å². The zero-order valence-electron chi connectivity index (χ0n) is 13.9. The number of rotatable bonds is 3. The molecular weight excluding hydrogens is 366 g/mol. The van der Waals surface area contributed by atoms with Gasteiger partial charge in [-0.2, -0.15) is 18.3 Å². The average Bonchev–Trinajstić information content (AvgIpc) is 2.96. The minimum absolute atomic E-state index is 0.0706. The third kappa shape index (κ3) is 3.89. The van der Waals surface area contributed by atoms with Crippen molar-refractivity contribution in [3.8, 4) is 11.3 Å². The van der Waals surface area contributed by atoms with E-state index in [0.29, 0.717) is 0 Å². The average molecular weight is 379 g/mol. The molecule has 0 aliphatic rings. The lowest BCUT2D eigenvalue weighted by atomic mass is 10.1. The van der Waals surface area contributed by atoms with Gasteiger partial charge in [0.25, 0.3) is 5.91 Å². The number of benzene rings is 1. The van der Waals surface area contributed by atoms with Gasteiger partial charge < -0.3 is 11.1 Å². The maximum atomic E-state index is 13.2. The van der Waals surface area contributed by atoms with Gasteiger partial charge in [-0.15, -0.1) is 0 Å². The van der Waals surface area contributed by atoms with Gasteiger partial charge in [0.05, 0.1) is 5.69 Å². The summed E-state index contributed by atoms with van der Waals surface area (Å²) in [5.74, 6) is -1.30. The number of nitrogen functional groups attached to an aromatic ring is 1. The van der Waals surface area contributed by atoms with Crippen LogP contribution >= 0.6 is 0 Å². The molecule has 0 unspecified atom stereocenters. The molecule has 3 N–H and O–H groups in total. The number of aromatic nitrogens is 3. The van der Waals surface area contributed by atoms with Crippen LogP contribution in [0.3, 0.4) is 0 Å². The number of hydrogen-bond acceptors (Lipinski definition) is 4. The number of halogens is 4. The Labute approximate surface area is 150 Å². The molecular formula is C17H13F4N5O. The van der Waals surface area contributed by atoms with E-state index in [1.807, 2.05) is 0 Å². The van der Waals surface area contributed by atoms with E-state index in [1.165, 1.54) is 37.4 Å². The van der Waals surface area contributed by atoms with Crippen LogP contribution < -0.4 is 11.1 Å². The Balaban J connectivity index is 1.88. The van der Waals surface area contributed by atoms with E-state index in [1.54, 1.807) is 0 Å². The van der Waals surface area contributed by atoms with Crippen LogP contribution in [0.5, 0.6) is 0 Å². The van der Waals surface area contributed by atoms with E-state index in [9.17, 15) is 22.4 Å². The normalized spacial score (nSPS) is 11.4. The quantitative estimate of drug-likeness (QED) is 0.683. The predicted octanol–water partition coefficient (Wildman–Crippen LogP) is 3.47. The predicted molar refractivity (Wildman–Crippen MR) is 90.2 cm³/mol. The summed E-state index contributed by atoms with van der Waals surface area (Å²) in [4.78, 5) is 16.1. The van der Waals surface area contributed by atoms with Crippen molar-refractivity contribution in [2.75, 3.05) is 11.1 Å². The lowest BCUT2D eigenvalue weighted by Gasteiger charge is -2.08. The Hall–Kier alpha value is -3.43. The lowest BCUT2D eigenvalue weighted by molar-refractivity contribution is -0.141. The molecule has 2 heterocycles. The summed E-state index contributed by atoms with van der Waals surface area (Å²) >= 11 is 0. The first-order valence-corrected chi connectivity index (χ1v) is 7.60.